The summed E-state index contributed by atoms with van der Waals surface area (Å²) in [6, 6.07) is -1.13. The Labute approximate surface area is 205 Å². The number of aromatic nitrogens is 2. The number of hydrogen-bond donors (Lipinski definition) is 4. The largest absolute Gasteiger partial charge is 0.477 e. The number of anilines is 1. The van der Waals surface area contributed by atoms with Crippen LogP contribution in [0.4, 0.5) is 18.3 Å². The molecule has 5 N–H and O–H groups in total. The predicted octanol–water partition coefficient (Wildman–Crippen LogP) is 1.83. The highest BCUT2D eigenvalue weighted by atomic mass is 32.2. The van der Waals surface area contributed by atoms with E-state index in [0.717, 1.165) is 50.9 Å². The lowest BCUT2D eigenvalue weighted by molar-refractivity contribution is -0.150. The van der Waals surface area contributed by atoms with Crippen molar-refractivity contribution in [3.63, 3.8) is 0 Å². The fourth-order valence-corrected chi connectivity index (χ4v) is 5.92. The molecule has 35 heavy (non-hydrogen) atoms. The monoisotopic (exact) mass is 546 g/mol. The summed E-state index contributed by atoms with van der Waals surface area (Å²) in [4.78, 5) is 45.1. The first-order valence-corrected chi connectivity index (χ1v) is 12.2. The topological polar surface area (TPSA) is 171 Å². The Kier molecular flexibility index (Phi) is 6.56. The van der Waals surface area contributed by atoms with Crippen molar-refractivity contribution in [3.05, 3.63) is 44.5 Å². The number of alkyl halides is 3. The van der Waals surface area contributed by atoms with Crippen LogP contribution in [0.3, 0.4) is 0 Å². The number of carbonyl (C=O) groups excluding carboxylic acids is 2. The third-order valence-electron chi connectivity index (χ3n) is 4.87. The fourth-order valence-electron chi connectivity index (χ4n) is 3.35. The van der Waals surface area contributed by atoms with Crippen LogP contribution in [-0.4, -0.2) is 65.8 Å². The van der Waals surface area contributed by atoms with Crippen LogP contribution in [0.15, 0.2) is 33.4 Å². The number of oxime groups is 1. The highest BCUT2D eigenvalue weighted by molar-refractivity contribution is 8.00. The molecule has 184 valence electrons. The van der Waals surface area contributed by atoms with Crippen molar-refractivity contribution in [3.8, 4) is 0 Å². The molecule has 0 aromatic carbocycles. The van der Waals surface area contributed by atoms with Gasteiger partial charge in [0.2, 0.25) is 0 Å². The minimum Gasteiger partial charge on any atom is -0.477 e. The molecule has 1 saturated heterocycles. The molecule has 2 aromatic rings. The van der Waals surface area contributed by atoms with Crippen LogP contribution in [0.2, 0.25) is 0 Å². The number of thiazole rings is 2. The minimum atomic E-state index is -4.67. The van der Waals surface area contributed by atoms with E-state index in [2.05, 4.69) is 20.4 Å². The smallest absolute Gasteiger partial charge is 0.434 e. The number of rotatable bonds is 6. The van der Waals surface area contributed by atoms with Crippen molar-refractivity contribution in [2.45, 2.75) is 17.6 Å². The number of amides is 2. The van der Waals surface area contributed by atoms with Gasteiger partial charge in [-0.1, -0.05) is 11.2 Å². The molecular formula is C18H13F3N6O5S3. The van der Waals surface area contributed by atoms with E-state index in [1.54, 1.807) is 0 Å². The highest BCUT2D eigenvalue weighted by Gasteiger charge is 2.54. The van der Waals surface area contributed by atoms with Gasteiger partial charge in [0.1, 0.15) is 22.8 Å². The Hall–Kier alpha value is -3.44. The van der Waals surface area contributed by atoms with Crippen LogP contribution in [0.1, 0.15) is 16.3 Å². The normalized spacial score (nSPS) is 20.7. The van der Waals surface area contributed by atoms with E-state index < -0.39 is 52.5 Å². The average Bonchev–Trinajstić information content (AvgIpc) is 3.44. The summed E-state index contributed by atoms with van der Waals surface area (Å²) in [6.45, 7) is 0. The summed E-state index contributed by atoms with van der Waals surface area (Å²) in [5.74, 6) is -3.08. The van der Waals surface area contributed by atoms with Crippen LogP contribution >= 0.6 is 34.4 Å². The zero-order valence-corrected chi connectivity index (χ0v) is 19.5. The molecule has 0 bridgehead atoms. The molecule has 0 radical (unpaired) electrons. The van der Waals surface area contributed by atoms with Crippen molar-refractivity contribution in [2.24, 2.45) is 5.16 Å². The summed E-state index contributed by atoms with van der Waals surface area (Å²) in [6.07, 6.45) is -2.36. The van der Waals surface area contributed by atoms with Gasteiger partial charge in [-0.3, -0.25) is 14.5 Å². The number of β-lactam (4-membered cyclic amide) rings is 1. The van der Waals surface area contributed by atoms with Crippen molar-refractivity contribution in [1.29, 1.82) is 0 Å². The predicted molar refractivity (Wildman–Crippen MR) is 121 cm³/mol. The van der Waals surface area contributed by atoms with E-state index in [9.17, 15) is 37.9 Å². The molecule has 0 spiro atoms. The number of fused-ring (bicyclic) bond motifs is 1. The third-order valence-corrected chi connectivity index (χ3v) is 7.64. The zero-order chi connectivity index (χ0) is 25.5. The maximum absolute atomic E-state index is 13.0. The van der Waals surface area contributed by atoms with Gasteiger partial charge in [-0.25, -0.2) is 14.8 Å². The summed E-state index contributed by atoms with van der Waals surface area (Å²) < 4.78 is 39.1. The van der Waals surface area contributed by atoms with Gasteiger partial charge in [0.15, 0.2) is 16.5 Å². The maximum atomic E-state index is 13.0. The number of aliphatic carboxylic acids is 1. The number of halogens is 3. The first kappa shape index (κ1) is 24.7. The quantitative estimate of drug-likeness (QED) is 0.183. The molecular weight excluding hydrogens is 533 g/mol. The van der Waals surface area contributed by atoms with E-state index >= 15 is 0 Å². The average molecular weight is 547 g/mol. The molecule has 2 aliphatic rings. The van der Waals surface area contributed by atoms with Crippen LogP contribution in [0, 0.1) is 0 Å². The molecule has 11 nitrogen and oxygen atoms in total. The summed E-state index contributed by atoms with van der Waals surface area (Å²) in [5.41, 5.74) is 4.67. The molecule has 2 aliphatic heterocycles. The lowest BCUT2D eigenvalue weighted by Crippen LogP contribution is -2.71. The molecule has 2 atom stereocenters. The van der Waals surface area contributed by atoms with Gasteiger partial charge in [0, 0.05) is 11.1 Å². The Morgan fingerprint density at radius 2 is 2.06 bits per heavy atom. The van der Waals surface area contributed by atoms with Gasteiger partial charge in [0.05, 0.1) is 10.4 Å². The molecule has 2 aromatic heterocycles. The highest BCUT2D eigenvalue weighted by Crippen LogP contribution is 2.41. The lowest BCUT2D eigenvalue weighted by Gasteiger charge is -2.49. The van der Waals surface area contributed by atoms with Gasteiger partial charge in [-0.2, -0.15) is 13.2 Å². The van der Waals surface area contributed by atoms with Crippen LogP contribution in [-0.2, 0) is 20.6 Å². The van der Waals surface area contributed by atoms with Crippen LogP contribution < -0.4 is 11.1 Å². The van der Waals surface area contributed by atoms with Crippen LogP contribution in [0.5, 0.6) is 0 Å². The number of carboxylic acids is 1. The van der Waals surface area contributed by atoms with E-state index in [-0.39, 0.29) is 27.0 Å². The SMILES string of the molecule is Nc1nc(C(=NO)C(=O)NC2C(=O)N3C(C(=O)O)=C(C=Cc4scnc4C(F)(F)F)CS[C@H]23)cs1. The van der Waals surface area contributed by atoms with Crippen molar-refractivity contribution in [2.75, 3.05) is 11.5 Å². The number of hydrogen-bond acceptors (Lipinski definition) is 11. The third kappa shape index (κ3) is 4.61. The molecule has 4 rings (SSSR count). The first-order chi connectivity index (χ1) is 16.5. The van der Waals surface area contributed by atoms with Gasteiger partial charge in [0.25, 0.3) is 11.8 Å². The van der Waals surface area contributed by atoms with E-state index in [1.807, 2.05) is 0 Å². The number of allylic oxidation sites excluding steroid dienone is 1. The second kappa shape index (κ2) is 9.31. The van der Waals surface area contributed by atoms with Gasteiger partial charge in [-0.15, -0.1) is 34.4 Å². The number of nitrogen functional groups attached to an aromatic ring is 1. The van der Waals surface area contributed by atoms with Crippen molar-refractivity contribution < 1.29 is 37.9 Å². The Balaban J connectivity index is 1.54. The number of carboxylic acid groups (broad SMARTS) is 1. The molecule has 1 unspecified atom stereocenters. The number of nitrogens with zero attached hydrogens (tertiary/aromatic N) is 4. The fraction of sp³-hybridized carbons (Fsp3) is 0.222. The van der Waals surface area contributed by atoms with Crippen molar-refractivity contribution in [1.82, 2.24) is 20.2 Å². The van der Waals surface area contributed by atoms with Crippen molar-refractivity contribution >= 4 is 69.1 Å². The number of nitrogens with two attached hydrogens (primary N) is 1. The number of thioether (sulfide) groups is 1. The van der Waals surface area contributed by atoms with E-state index in [1.165, 1.54) is 11.5 Å². The summed E-state index contributed by atoms with van der Waals surface area (Å²) in [7, 11) is 0. The summed E-state index contributed by atoms with van der Waals surface area (Å²) in [5, 5.41) is 24.9. The van der Waals surface area contributed by atoms with Crippen LogP contribution in [0.25, 0.3) is 6.08 Å². The van der Waals surface area contributed by atoms with Gasteiger partial charge < -0.3 is 21.4 Å². The molecule has 17 heteroatoms. The second-order valence-electron chi connectivity index (χ2n) is 6.96. The standard InChI is InChI=1S/C18H13F3N6O5S3/c19-18(20,21)12-8(35-5-23-12)2-1-6-3-33-15-10(14(29)27(15)11(6)16(30)31)25-13(28)9(26-32)7-4-34-17(22)24-7/h1-2,4-5,10,15,32H,3H2,(H2,22,24)(H,25,28)(H,30,31)/t10?,15-/m1/s1. The van der Waals surface area contributed by atoms with Gasteiger partial charge >= 0.3 is 12.1 Å². The second-order valence-corrected chi connectivity index (χ2v) is 9.84. The van der Waals surface area contributed by atoms with Gasteiger partial charge in [-0.05, 0) is 11.6 Å². The molecule has 2 amide bonds. The number of nitrogens with one attached hydrogen (secondary N) is 1. The van der Waals surface area contributed by atoms with E-state index in [4.69, 9.17) is 5.73 Å². The Morgan fingerprint density at radius 1 is 1.31 bits per heavy atom. The maximum Gasteiger partial charge on any atom is 0.434 e. The molecule has 0 saturated carbocycles. The minimum absolute atomic E-state index is 0.00716. The zero-order valence-electron chi connectivity index (χ0n) is 17.0. The summed E-state index contributed by atoms with van der Waals surface area (Å²) >= 11 is 2.85. The first-order valence-electron chi connectivity index (χ1n) is 9.37. The lowest BCUT2D eigenvalue weighted by atomic mass is 10.0. The Bertz CT molecular complexity index is 1300. The van der Waals surface area contributed by atoms with E-state index in [0.29, 0.717) is 0 Å². The number of carbonyl (C=O) groups is 3. The molecule has 0 aliphatic carbocycles. The molecule has 4 heterocycles. The molecule has 1 fully saturated rings. The Morgan fingerprint density at radius 3 is 2.66 bits per heavy atom.